The summed E-state index contributed by atoms with van der Waals surface area (Å²) < 4.78 is 12.4. The third-order valence-electron chi connectivity index (χ3n) is 3.70. The number of benzene rings is 2. The molecule has 0 saturated heterocycles. The SMILES string of the molecule is O=C(COc1ccc(Br)cc1Br)Nc1ccccc1C(=O)NCc1ccco1. The minimum absolute atomic E-state index is 0.192. The number of halogens is 2. The highest BCUT2D eigenvalue weighted by molar-refractivity contribution is 9.11. The highest BCUT2D eigenvalue weighted by atomic mass is 79.9. The van der Waals surface area contributed by atoms with E-state index in [1.165, 1.54) is 0 Å². The maximum Gasteiger partial charge on any atom is 0.262 e. The molecule has 1 heterocycles. The Morgan fingerprint density at radius 1 is 1.04 bits per heavy atom. The van der Waals surface area contributed by atoms with E-state index < -0.39 is 0 Å². The molecule has 0 aliphatic heterocycles. The van der Waals surface area contributed by atoms with Crippen molar-refractivity contribution in [3.63, 3.8) is 0 Å². The van der Waals surface area contributed by atoms with Gasteiger partial charge in [0.15, 0.2) is 6.61 Å². The van der Waals surface area contributed by atoms with Crippen LogP contribution in [0, 0.1) is 0 Å². The van der Waals surface area contributed by atoms with E-state index in [0.717, 1.165) is 8.95 Å². The molecule has 0 aliphatic carbocycles. The van der Waals surface area contributed by atoms with Gasteiger partial charge in [0.2, 0.25) is 0 Å². The lowest BCUT2D eigenvalue weighted by Crippen LogP contribution is -2.26. The zero-order valence-corrected chi connectivity index (χ0v) is 17.7. The molecule has 8 heteroatoms. The van der Waals surface area contributed by atoms with Gasteiger partial charge in [-0.1, -0.05) is 28.1 Å². The fraction of sp³-hybridized carbons (Fsp3) is 0.100. The van der Waals surface area contributed by atoms with Crippen LogP contribution in [0.15, 0.2) is 74.2 Å². The van der Waals surface area contributed by atoms with Crippen molar-refractivity contribution in [3.05, 3.63) is 81.1 Å². The standard InChI is InChI=1S/C20H16Br2N2O4/c21-13-7-8-18(16(22)10-13)28-12-19(25)24-17-6-2-1-5-15(17)20(26)23-11-14-4-3-9-27-14/h1-10H,11-12H2,(H,23,26)(H,24,25). The van der Waals surface area contributed by atoms with Crippen molar-refractivity contribution in [2.24, 2.45) is 0 Å². The lowest BCUT2D eigenvalue weighted by Gasteiger charge is -2.12. The minimum atomic E-state index is -0.374. The second kappa shape index (κ2) is 9.57. The van der Waals surface area contributed by atoms with Crippen molar-refractivity contribution in [2.75, 3.05) is 11.9 Å². The molecule has 28 heavy (non-hydrogen) atoms. The van der Waals surface area contributed by atoms with Crippen LogP contribution in [0.4, 0.5) is 5.69 Å². The van der Waals surface area contributed by atoms with E-state index in [-0.39, 0.29) is 25.0 Å². The zero-order valence-electron chi connectivity index (χ0n) is 14.6. The monoisotopic (exact) mass is 506 g/mol. The van der Waals surface area contributed by atoms with Gasteiger partial charge in [-0.05, 0) is 58.4 Å². The molecule has 0 atom stereocenters. The Labute approximate surface area is 178 Å². The molecular formula is C20H16Br2N2O4. The molecule has 6 nitrogen and oxygen atoms in total. The van der Waals surface area contributed by atoms with Crippen LogP contribution in [0.2, 0.25) is 0 Å². The Bertz CT molecular complexity index is 974. The molecular weight excluding hydrogens is 492 g/mol. The van der Waals surface area contributed by atoms with Crippen LogP contribution >= 0.6 is 31.9 Å². The third kappa shape index (κ3) is 5.46. The third-order valence-corrected chi connectivity index (χ3v) is 4.81. The molecule has 0 spiro atoms. The van der Waals surface area contributed by atoms with Crippen LogP contribution in [0.5, 0.6) is 5.75 Å². The fourth-order valence-corrected chi connectivity index (χ4v) is 3.55. The van der Waals surface area contributed by atoms with Crippen LogP contribution in [-0.2, 0) is 11.3 Å². The second-order valence-electron chi connectivity index (χ2n) is 5.72. The molecule has 2 aromatic carbocycles. The predicted molar refractivity (Wildman–Crippen MR) is 112 cm³/mol. The molecule has 0 saturated carbocycles. The summed E-state index contributed by atoms with van der Waals surface area (Å²) in [5.41, 5.74) is 0.759. The van der Waals surface area contributed by atoms with Gasteiger partial charge in [-0.3, -0.25) is 9.59 Å². The number of amides is 2. The van der Waals surface area contributed by atoms with Crippen molar-refractivity contribution in [1.82, 2.24) is 5.32 Å². The summed E-state index contributed by atoms with van der Waals surface area (Å²) in [6.45, 7) is 0.0669. The Kier molecular flexibility index (Phi) is 6.89. The van der Waals surface area contributed by atoms with Gasteiger partial charge in [-0.2, -0.15) is 0 Å². The molecule has 0 fully saturated rings. The van der Waals surface area contributed by atoms with Gasteiger partial charge in [0.05, 0.1) is 28.5 Å². The summed E-state index contributed by atoms with van der Waals surface area (Å²) in [6, 6.07) is 15.7. The Hall–Kier alpha value is -2.58. The van der Waals surface area contributed by atoms with Crippen molar-refractivity contribution in [2.45, 2.75) is 6.54 Å². The first-order chi connectivity index (χ1) is 13.5. The molecule has 3 rings (SSSR count). The maximum atomic E-state index is 12.5. The van der Waals surface area contributed by atoms with Gasteiger partial charge in [0, 0.05) is 4.47 Å². The van der Waals surface area contributed by atoms with Crippen molar-refractivity contribution >= 4 is 49.4 Å². The first kappa shape index (κ1) is 20.2. The smallest absolute Gasteiger partial charge is 0.262 e. The van der Waals surface area contributed by atoms with E-state index in [9.17, 15) is 9.59 Å². The lowest BCUT2D eigenvalue weighted by molar-refractivity contribution is -0.118. The van der Waals surface area contributed by atoms with E-state index >= 15 is 0 Å². The number of hydrogen-bond donors (Lipinski definition) is 2. The average molecular weight is 508 g/mol. The number of furan rings is 1. The van der Waals surface area contributed by atoms with E-state index in [1.807, 2.05) is 12.1 Å². The van der Waals surface area contributed by atoms with Crippen molar-refractivity contribution < 1.29 is 18.7 Å². The van der Waals surface area contributed by atoms with Crippen LogP contribution in [-0.4, -0.2) is 18.4 Å². The van der Waals surface area contributed by atoms with Crippen LogP contribution < -0.4 is 15.4 Å². The van der Waals surface area contributed by atoms with Gasteiger partial charge >= 0.3 is 0 Å². The first-order valence-electron chi connectivity index (χ1n) is 8.30. The Morgan fingerprint density at radius 3 is 2.61 bits per heavy atom. The number of para-hydroxylation sites is 1. The summed E-state index contributed by atoms with van der Waals surface area (Å²) in [5.74, 6) is 0.496. The highest BCUT2D eigenvalue weighted by Crippen LogP contribution is 2.28. The minimum Gasteiger partial charge on any atom is -0.483 e. The molecule has 1 aromatic heterocycles. The molecule has 0 radical (unpaired) electrons. The van der Waals surface area contributed by atoms with Gasteiger partial charge < -0.3 is 19.8 Å². The zero-order chi connectivity index (χ0) is 19.9. The lowest BCUT2D eigenvalue weighted by atomic mass is 10.1. The van der Waals surface area contributed by atoms with Crippen LogP contribution in [0.1, 0.15) is 16.1 Å². The summed E-state index contributed by atoms with van der Waals surface area (Å²) >= 11 is 6.74. The first-order valence-corrected chi connectivity index (χ1v) is 9.89. The number of hydrogen-bond acceptors (Lipinski definition) is 4. The largest absolute Gasteiger partial charge is 0.483 e. The number of anilines is 1. The fourth-order valence-electron chi connectivity index (χ4n) is 2.39. The number of nitrogens with one attached hydrogen (secondary N) is 2. The van der Waals surface area contributed by atoms with Gasteiger partial charge in [-0.15, -0.1) is 0 Å². The molecule has 0 unspecified atom stereocenters. The summed E-state index contributed by atoms with van der Waals surface area (Å²) in [7, 11) is 0. The van der Waals surface area contributed by atoms with E-state index in [2.05, 4.69) is 42.5 Å². The topological polar surface area (TPSA) is 80.6 Å². The van der Waals surface area contributed by atoms with Crippen molar-refractivity contribution in [3.8, 4) is 5.75 Å². The number of rotatable bonds is 7. The van der Waals surface area contributed by atoms with E-state index in [1.54, 1.807) is 48.7 Å². The highest BCUT2D eigenvalue weighted by Gasteiger charge is 2.14. The number of carbonyl (C=O) groups is 2. The van der Waals surface area contributed by atoms with E-state index in [0.29, 0.717) is 22.8 Å². The molecule has 2 N–H and O–H groups in total. The van der Waals surface area contributed by atoms with Gasteiger partial charge in [-0.25, -0.2) is 0 Å². The number of ether oxygens (including phenoxy) is 1. The average Bonchev–Trinajstić information content (AvgIpc) is 3.19. The summed E-state index contributed by atoms with van der Waals surface area (Å²) in [4.78, 5) is 24.7. The van der Waals surface area contributed by atoms with Crippen molar-refractivity contribution in [1.29, 1.82) is 0 Å². The Morgan fingerprint density at radius 2 is 1.86 bits per heavy atom. The predicted octanol–water partition coefficient (Wildman–Crippen LogP) is 4.75. The summed E-state index contributed by atoms with van der Waals surface area (Å²) in [6.07, 6.45) is 1.54. The van der Waals surface area contributed by atoms with Crippen LogP contribution in [0.25, 0.3) is 0 Å². The van der Waals surface area contributed by atoms with Crippen LogP contribution in [0.3, 0.4) is 0 Å². The van der Waals surface area contributed by atoms with Gasteiger partial charge in [0.1, 0.15) is 11.5 Å². The normalized spacial score (nSPS) is 10.4. The molecule has 3 aromatic rings. The second-order valence-corrected chi connectivity index (χ2v) is 7.49. The van der Waals surface area contributed by atoms with E-state index in [4.69, 9.17) is 9.15 Å². The molecule has 144 valence electrons. The molecule has 0 aliphatic rings. The molecule has 0 bridgehead atoms. The Balaban J connectivity index is 1.60. The van der Waals surface area contributed by atoms with Gasteiger partial charge in [0.25, 0.3) is 11.8 Å². The quantitative estimate of drug-likeness (QED) is 0.483. The number of carbonyl (C=O) groups excluding carboxylic acids is 2. The maximum absolute atomic E-state index is 12.5. The summed E-state index contributed by atoms with van der Waals surface area (Å²) in [5, 5.41) is 5.47. The molecule has 2 amide bonds.